The van der Waals surface area contributed by atoms with Crippen LogP contribution in [0.1, 0.15) is 75.3 Å². The SMILES string of the molecule is CC1CCc2ncnc(N3CC4(CCN(C(=O)OC(C)(C)C)CC4)c4cc(CC(=O)O)ccc43)c21. The molecule has 0 radical (unpaired) electrons. The smallest absolute Gasteiger partial charge is 0.410 e. The van der Waals surface area contributed by atoms with Crippen LogP contribution in [0.15, 0.2) is 24.5 Å². The lowest BCUT2D eigenvalue weighted by atomic mass is 9.74. The standard InChI is InChI=1S/C27H34N4O4/c1-17-5-7-20-23(17)24(29-16-28-20)31-15-27(19-13-18(14-22(32)33)6-8-21(19)31)9-11-30(12-10-27)25(34)35-26(2,3)4/h6,8,13,16-17H,5,7,9-12,14-15H2,1-4H3,(H,32,33). The fourth-order valence-electron chi connectivity index (χ4n) is 5.90. The highest BCUT2D eigenvalue weighted by Crippen LogP contribution is 2.51. The largest absolute Gasteiger partial charge is 0.481 e. The number of hydrogen-bond acceptors (Lipinski definition) is 6. The number of aromatic nitrogens is 2. The molecule has 1 spiro atoms. The normalized spacial score (nSPS) is 20.6. The van der Waals surface area contributed by atoms with Crippen LogP contribution in [0.25, 0.3) is 0 Å². The summed E-state index contributed by atoms with van der Waals surface area (Å²) in [5.41, 5.74) is 4.71. The zero-order chi connectivity index (χ0) is 25.0. The maximum atomic E-state index is 12.7. The van der Waals surface area contributed by atoms with Crippen LogP contribution in [0.3, 0.4) is 0 Å². The molecule has 1 fully saturated rings. The van der Waals surface area contributed by atoms with E-state index in [-0.39, 0.29) is 17.9 Å². The van der Waals surface area contributed by atoms with Gasteiger partial charge >= 0.3 is 12.1 Å². The molecule has 35 heavy (non-hydrogen) atoms. The van der Waals surface area contributed by atoms with Gasteiger partial charge in [-0.25, -0.2) is 14.8 Å². The number of nitrogens with zero attached hydrogens (tertiary/aromatic N) is 4. The number of aliphatic carboxylic acids is 1. The number of anilines is 2. The van der Waals surface area contributed by atoms with Crippen LogP contribution in [0, 0.1) is 0 Å². The summed E-state index contributed by atoms with van der Waals surface area (Å²) in [5.74, 6) is 0.538. The minimum Gasteiger partial charge on any atom is -0.481 e. The minimum absolute atomic E-state index is 0.00661. The number of fused-ring (bicyclic) bond motifs is 3. The van der Waals surface area contributed by atoms with E-state index in [1.165, 1.54) is 5.56 Å². The van der Waals surface area contributed by atoms with E-state index in [4.69, 9.17) is 9.72 Å². The second-order valence-corrected chi connectivity index (χ2v) is 11.3. The number of amides is 1. The summed E-state index contributed by atoms with van der Waals surface area (Å²) in [4.78, 5) is 37.5. The molecule has 3 heterocycles. The Morgan fingerprint density at radius 2 is 1.94 bits per heavy atom. The van der Waals surface area contributed by atoms with E-state index in [2.05, 4.69) is 28.9 Å². The molecule has 1 atom stereocenters. The summed E-state index contributed by atoms with van der Waals surface area (Å²) in [6, 6.07) is 6.04. The molecule has 2 aromatic rings. The summed E-state index contributed by atoms with van der Waals surface area (Å²) in [7, 11) is 0. The molecule has 1 aromatic heterocycles. The van der Waals surface area contributed by atoms with Gasteiger partial charge in [-0.2, -0.15) is 0 Å². The third kappa shape index (κ3) is 4.34. The van der Waals surface area contributed by atoms with Gasteiger partial charge in [0, 0.05) is 42.0 Å². The number of carbonyl (C=O) groups is 2. The molecule has 0 bridgehead atoms. The topological polar surface area (TPSA) is 95.9 Å². The Balaban J connectivity index is 1.50. The van der Waals surface area contributed by atoms with E-state index in [1.807, 2.05) is 26.8 Å². The third-order valence-corrected chi connectivity index (χ3v) is 7.62. The number of benzene rings is 1. The Bertz CT molecular complexity index is 1160. The van der Waals surface area contributed by atoms with Crippen molar-refractivity contribution in [3.8, 4) is 0 Å². The number of carboxylic acids is 1. The fraction of sp³-hybridized carbons (Fsp3) is 0.556. The summed E-state index contributed by atoms with van der Waals surface area (Å²) in [5, 5.41) is 9.39. The molecule has 1 unspecified atom stereocenters. The van der Waals surface area contributed by atoms with E-state index < -0.39 is 11.6 Å². The van der Waals surface area contributed by atoms with Crippen LogP contribution in [0.4, 0.5) is 16.3 Å². The molecule has 1 aliphatic carbocycles. The number of likely N-dealkylation sites (tertiary alicyclic amines) is 1. The quantitative estimate of drug-likeness (QED) is 0.690. The van der Waals surface area contributed by atoms with Gasteiger partial charge in [0.15, 0.2) is 0 Å². The van der Waals surface area contributed by atoms with Crippen molar-refractivity contribution in [2.75, 3.05) is 24.5 Å². The van der Waals surface area contributed by atoms with Gasteiger partial charge in [-0.05, 0) is 69.6 Å². The Morgan fingerprint density at radius 3 is 2.63 bits per heavy atom. The highest BCUT2D eigenvalue weighted by Gasteiger charge is 2.47. The first-order valence-corrected chi connectivity index (χ1v) is 12.5. The number of aryl methyl sites for hydroxylation is 1. The molecule has 0 saturated carbocycles. The first-order valence-electron chi connectivity index (χ1n) is 12.5. The van der Waals surface area contributed by atoms with Gasteiger partial charge in [0.2, 0.25) is 0 Å². The average molecular weight is 479 g/mol. The predicted molar refractivity (Wildman–Crippen MR) is 132 cm³/mol. The van der Waals surface area contributed by atoms with Crippen molar-refractivity contribution in [1.82, 2.24) is 14.9 Å². The number of ether oxygens (including phenoxy) is 1. The second-order valence-electron chi connectivity index (χ2n) is 11.3. The van der Waals surface area contributed by atoms with E-state index in [1.54, 1.807) is 11.2 Å². The zero-order valence-corrected chi connectivity index (χ0v) is 21.0. The van der Waals surface area contributed by atoms with Gasteiger partial charge in [-0.15, -0.1) is 0 Å². The Labute approximate surface area is 206 Å². The third-order valence-electron chi connectivity index (χ3n) is 7.62. The van der Waals surface area contributed by atoms with Crippen molar-refractivity contribution in [3.05, 3.63) is 46.9 Å². The zero-order valence-electron chi connectivity index (χ0n) is 21.0. The molecule has 8 nitrogen and oxygen atoms in total. The van der Waals surface area contributed by atoms with Gasteiger partial charge in [0.05, 0.1) is 6.42 Å². The summed E-state index contributed by atoms with van der Waals surface area (Å²) in [6.45, 7) is 9.84. The van der Waals surface area contributed by atoms with E-state index in [9.17, 15) is 14.7 Å². The molecule has 5 rings (SSSR count). The lowest BCUT2D eigenvalue weighted by Crippen LogP contribution is -2.48. The molecular weight excluding hydrogens is 444 g/mol. The van der Waals surface area contributed by atoms with Crippen molar-refractivity contribution in [3.63, 3.8) is 0 Å². The maximum Gasteiger partial charge on any atom is 0.410 e. The molecule has 1 N–H and O–H groups in total. The molecule has 1 saturated heterocycles. The first-order chi connectivity index (χ1) is 16.6. The number of carboxylic acid groups (broad SMARTS) is 1. The number of piperidine rings is 1. The lowest BCUT2D eigenvalue weighted by Gasteiger charge is -2.40. The van der Waals surface area contributed by atoms with Crippen molar-refractivity contribution in [2.24, 2.45) is 0 Å². The number of carbonyl (C=O) groups excluding carboxylic acids is 1. The van der Waals surface area contributed by atoms with E-state index in [0.29, 0.717) is 19.0 Å². The highest BCUT2D eigenvalue weighted by molar-refractivity contribution is 5.76. The van der Waals surface area contributed by atoms with Crippen LogP contribution in [0.2, 0.25) is 0 Å². The summed E-state index contributed by atoms with van der Waals surface area (Å²) in [6.07, 6.45) is 5.01. The average Bonchev–Trinajstić information content (AvgIpc) is 3.31. The van der Waals surface area contributed by atoms with Crippen LogP contribution < -0.4 is 4.90 Å². The number of hydrogen-bond donors (Lipinski definition) is 1. The molecule has 8 heteroatoms. The molecule has 1 aromatic carbocycles. The lowest BCUT2D eigenvalue weighted by molar-refractivity contribution is -0.136. The molecular formula is C27H34N4O4. The van der Waals surface area contributed by atoms with Crippen LogP contribution in [-0.2, 0) is 27.8 Å². The van der Waals surface area contributed by atoms with Crippen molar-refractivity contribution >= 4 is 23.6 Å². The first kappa shape index (κ1) is 23.6. The molecule has 2 aliphatic heterocycles. The van der Waals surface area contributed by atoms with Gasteiger partial charge in [0.1, 0.15) is 17.7 Å². The summed E-state index contributed by atoms with van der Waals surface area (Å²) >= 11 is 0. The van der Waals surface area contributed by atoms with Crippen LogP contribution >= 0.6 is 0 Å². The predicted octanol–water partition coefficient (Wildman–Crippen LogP) is 4.57. The Kier molecular flexibility index (Phi) is 5.73. The summed E-state index contributed by atoms with van der Waals surface area (Å²) < 4.78 is 5.61. The van der Waals surface area contributed by atoms with Gasteiger partial charge < -0.3 is 19.6 Å². The Morgan fingerprint density at radius 1 is 1.20 bits per heavy atom. The minimum atomic E-state index is -0.837. The van der Waals surface area contributed by atoms with Crippen molar-refractivity contribution in [1.29, 1.82) is 0 Å². The van der Waals surface area contributed by atoms with Gasteiger partial charge in [0.25, 0.3) is 0 Å². The van der Waals surface area contributed by atoms with Gasteiger partial charge in [-0.3, -0.25) is 4.79 Å². The molecule has 186 valence electrons. The monoisotopic (exact) mass is 478 g/mol. The molecule has 1 amide bonds. The van der Waals surface area contributed by atoms with Crippen molar-refractivity contribution < 1.29 is 19.4 Å². The van der Waals surface area contributed by atoms with Gasteiger partial charge in [-0.1, -0.05) is 19.1 Å². The van der Waals surface area contributed by atoms with Crippen molar-refractivity contribution in [2.45, 2.75) is 76.7 Å². The highest BCUT2D eigenvalue weighted by atomic mass is 16.6. The maximum absolute atomic E-state index is 12.7. The van der Waals surface area contributed by atoms with Crippen LogP contribution in [0.5, 0.6) is 0 Å². The number of rotatable bonds is 3. The van der Waals surface area contributed by atoms with E-state index in [0.717, 1.165) is 60.6 Å². The second kappa shape index (κ2) is 8.50. The molecule has 3 aliphatic rings. The Hall–Kier alpha value is -3.16. The van der Waals surface area contributed by atoms with E-state index >= 15 is 0 Å². The fourth-order valence-corrected chi connectivity index (χ4v) is 5.90. The van der Waals surface area contributed by atoms with Crippen LogP contribution in [-0.4, -0.2) is 57.3 Å².